The summed E-state index contributed by atoms with van der Waals surface area (Å²) < 4.78 is 5.79. The van der Waals surface area contributed by atoms with Crippen LogP contribution in [0.15, 0.2) is 42.5 Å². The molecule has 0 saturated carbocycles. The van der Waals surface area contributed by atoms with Gasteiger partial charge in [-0.2, -0.15) is 0 Å². The van der Waals surface area contributed by atoms with E-state index in [-0.39, 0.29) is 35.7 Å². The highest BCUT2D eigenvalue weighted by Gasteiger charge is 2.39. The topological polar surface area (TPSA) is 93.0 Å². The minimum atomic E-state index is -0.805. The predicted octanol–water partition coefficient (Wildman–Crippen LogP) is 3.32. The Hall–Kier alpha value is -3.42. The van der Waals surface area contributed by atoms with Crippen molar-refractivity contribution in [2.24, 2.45) is 5.92 Å². The normalized spacial score (nSPS) is 18.0. The molecule has 0 aliphatic carbocycles. The van der Waals surface area contributed by atoms with E-state index in [0.29, 0.717) is 12.2 Å². The van der Waals surface area contributed by atoms with Crippen molar-refractivity contribution in [2.45, 2.75) is 32.8 Å². The van der Waals surface area contributed by atoms with Crippen molar-refractivity contribution >= 4 is 28.9 Å². The summed E-state index contributed by atoms with van der Waals surface area (Å²) in [4.78, 5) is 40.1. The van der Waals surface area contributed by atoms with Crippen molar-refractivity contribution in [3.63, 3.8) is 0 Å². The lowest BCUT2D eigenvalue weighted by Crippen LogP contribution is -2.52. The first-order valence-corrected chi connectivity index (χ1v) is 10.0. The van der Waals surface area contributed by atoms with Crippen molar-refractivity contribution in [3.8, 4) is 5.75 Å². The molecule has 30 heavy (non-hydrogen) atoms. The Morgan fingerprint density at radius 1 is 1.23 bits per heavy atom. The maximum Gasteiger partial charge on any atom is 0.273 e. The molecule has 0 N–H and O–H groups in total. The van der Waals surface area contributed by atoms with E-state index in [0.717, 1.165) is 24.1 Å². The number of para-hydroxylation sites is 1. The molecule has 1 unspecified atom stereocenters. The maximum atomic E-state index is 13.2. The summed E-state index contributed by atoms with van der Waals surface area (Å²) in [7, 11) is 0. The van der Waals surface area contributed by atoms with E-state index in [1.807, 2.05) is 38.1 Å². The van der Waals surface area contributed by atoms with Crippen LogP contribution in [-0.2, 0) is 16.0 Å². The molecule has 2 aliphatic heterocycles. The van der Waals surface area contributed by atoms with Crippen LogP contribution >= 0.6 is 0 Å². The maximum absolute atomic E-state index is 13.2. The van der Waals surface area contributed by atoms with Gasteiger partial charge in [0.2, 0.25) is 5.91 Å². The van der Waals surface area contributed by atoms with Crippen LogP contribution in [0.2, 0.25) is 0 Å². The van der Waals surface area contributed by atoms with Crippen LogP contribution in [0, 0.1) is 16.0 Å². The summed E-state index contributed by atoms with van der Waals surface area (Å²) in [6.07, 6.45) is 0.969. The molecule has 2 amide bonds. The van der Waals surface area contributed by atoms with Crippen molar-refractivity contribution in [3.05, 3.63) is 58.1 Å². The average Bonchev–Trinajstić information content (AvgIpc) is 2.74. The molecule has 4 rings (SSSR count). The van der Waals surface area contributed by atoms with E-state index < -0.39 is 11.0 Å². The van der Waals surface area contributed by atoms with Crippen molar-refractivity contribution < 1.29 is 19.2 Å². The predicted molar refractivity (Wildman–Crippen MR) is 112 cm³/mol. The van der Waals surface area contributed by atoms with Gasteiger partial charge < -0.3 is 9.64 Å². The molecule has 2 aromatic carbocycles. The SMILES string of the molecule is CC(C)C1Oc2cc([N+](=O)[O-])ccc2N(CC(=O)N2CCCc3ccccc32)C1=O. The third-order valence-electron chi connectivity index (χ3n) is 5.52. The number of hydrogen-bond donors (Lipinski definition) is 0. The number of nitro benzene ring substituents is 1. The quantitative estimate of drug-likeness (QED) is 0.570. The standard InChI is InChI=1S/C22H23N3O5/c1-14(2)21-22(27)24(18-10-9-16(25(28)29)12-19(18)30-21)13-20(26)23-11-5-7-15-6-3-4-8-17(15)23/h3-4,6,8-10,12,14,21H,5,7,11,13H2,1-2H3. The van der Waals surface area contributed by atoms with Crippen molar-refractivity contribution in [1.29, 1.82) is 0 Å². The van der Waals surface area contributed by atoms with Gasteiger partial charge in [0.05, 0.1) is 16.7 Å². The molecule has 0 aromatic heterocycles. The molecule has 0 spiro atoms. The van der Waals surface area contributed by atoms with Crippen molar-refractivity contribution in [1.82, 2.24) is 0 Å². The first kappa shape index (κ1) is 19.9. The second-order valence-corrected chi connectivity index (χ2v) is 7.89. The largest absolute Gasteiger partial charge is 0.478 e. The molecule has 0 radical (unpaired) electrons. The number of non-ortho nitro benzene ring substituents is 1. The summed E-state index contributed by atoms with van der Waals surface area (Å²) in [5.74, 6) is -0.415. The van der Waals surface area contributed by atoms with Gasteiger partial charge in [-0.1, -0.05) is 32.0 Å². The van der Waals surface area contributed by atoms with Gasteiger partial charge in [0.1, 0.15) is 6.54 Å². The van der Waals surface area contributed by atoms with Gasteiger partial charge in [0, 0.05) is 18.3 Å². The van der Waals surface area contributed by atoms with Crippen LogP contribution in [-0.4, -0.2) is 35.9 Å². The first-order valence-electron chi connectivity index (χ1n) is 10.0. The fourth-order valence-corrected chi connectivity index (χ4v) is 3.99. The molecule has 8 heteroatoms. The highest BCUT2D eigenvalue weighted by molar-refractivity contribution is 6.07. The van der Waals surface area contributed by atoms with E-state index in [4.69, 9.17) is 4.74 Å². The highest BCUT2D eigenvalue weighted by atomic mass is 16.6. The fraction of sp³-hybridized carbons (Fsp3) is 0.364. The number of nitrogens with zero attached hydrogens (tertiary/aromatic N) is 3. The molecule has 2 aromatic rings. The molecular formula is C22H23N3O5. The summed E-state index contributed by atoms with van der Waals surface area (Å²) in [5, 5.41) is 11.2. The van der Waals surface area contributed by atoms with Crippen LogP contribution in [0.3, 0.4) is 0 Å². The Labute approximate surface area is 174 Å². The number of carbonyl (C=O) groups excluding carboxylic acids is 2. The van der Waals surface area contributed by atoms with Gasteiger partial charge in [-0.05, 0) is 36.5 Å². The van der Waals surface area contributed by atoms with Crippen LogP contribution in [0.5, 0.6) is 5.75 Å². The van der Waals surface area contributed by atoms with Gasteiger partial charge >= 0.3 is 0 Å². The minimum Gasteiger partial charge on any atom is -0.478 e. The van der Waals surface area contributed by atoms with Gasteiger partial charge in [-0.25, -0.2) is 0 Å². The van der Waals surface area contributed by atoms with E-state index in [1.165, 1.54) is 23.1 Å². The third kappa shape index (κ3) is 3.49. The molecule has 1 atom stereocenters. The van der Waals surface area contributed by atoms with Crippen LogP contribution in [0.25, 0.3) is 0 Å². The molecular weight excluding hydrogens is 386 g/mol. The van der Waals surface area contributed by atoms with Crippen LogP contribution in [0.1, 0.15) is 25.8 Å². The number of aryl methyl sites for hydroxylation is 1. The van der Waals surface area contributed by atoms with E-state index in [2.05, 4.69) is 0 Å². The van der Waals surface area contributed by atoms with Gasteiger partial charge in [0.25, 0.3) is 11.6 Å². The van der Waals surface area contributed by atoms with E-state index >= 15 is 0 Å². The third-order valence-corrected chi connectivity index (χ3v) is 5.52. The van der Waals surface area contributed by atoms with Gasteiger partial charge in [-0.15, -0.1) is 0 Å². The minimum absolute atomic E-state index is 0.123. The lowest BCUT2D eigenvalue weighted by molar-refractivity contribution is -0.384. The number of nitro groups is 1. The smallest absolute Gasteiger partial charge is 0.273 e. The summed E-state index contributed by atoms with van der Waals surface area (Å²) >= 11 is 0. The zero-order valence-electron chi connectivity index (χ0n) is 16.9. The van der Waals surface area contributed by atoms with Gasteiger partial charge in [-0.3, -0.25) is 24.6 Å². The number of amides is 2. The molecule has 0 fully saturated rings. The summed E-state index contributed by atoms with van der Waals surface area (Å²) in [6, 6.07) is 11.9. The Kier molecular flexibility index (Phi) is 5.15. The summed E-state index contributed by atoms with van der Waals surface area (Å²) in [6.45, 7) is 4.12. The molecule has 156 valence electrons. The molecule has 0 bridgehead atoms. The van der Waals surface area contributed by atoms with Crippen molar-refractivity contribution in [2.75, 3.05) is 22.9 Å². The molecule has 2 aliphatic rings. The molecule has 8 nitrogen and oxygen atoms in total. The monoisotopic (exact) mass is 409 g/mol. The highest BCUT2D eigenvalue weighted by Crippen LogP contribution is 2.38. The fourth-order valence-electron chi connectivity index (χ4n) is 3.99. The Morgan fingerprint density at radius 3 is 2.73 bits per heavy atom. The van der Waals surface area contributed by atoms with Crippen LogP contribution in [0.4, 0.5) is 17.1 Å². The second kappa shape index (κ2) is 7.78. The average molecular weight is 409 g/mol. The lowest BCUT2D eigenvalue weighted by atomic mass is 10.0. The first-order chi connectivity index (χ1) is 14.4. The number of ether oxygens (including phenoxy) is 1. The zero-order valence-corrected chi connectivity index (χ0v) is 16.9. The number of anilines is 2. The Morgan fingerprint density at radius 2 is 2.00 bits per heavy atom. The zero-order chi connectivity index (χ0) is 21.4. The van der Waals surface area contributed by atoms with Gasteiger partial charge in [0.15, 0.2) is 11.9 Å². The number of benzene rings is 2. The van der Waals surface area contributed by atoms with E-state index in [9.17, 15) is 19.7 Å². The molecule has 0 saturated heterocycles. The number of hydrogen-bond acceptors (Lipinski definition) is 5. The lowest BCUT2D eigenvalue weighted by Gasteiger charge is -2.37. The number of carbonyl (C=O) groups is 2. The Bertz CT molecular complexity index is 1020. The Balaban J connectivity index is 1.67. The molecule has 2 heterocycles. The number of rotatable bonds is 4. The van der Waals surface area contributed by atoms with E-state index in [1.54, 1.807) is 4.90 Å². The number of fused-ring (bicyclic) bond motifs is 2. The second-order valence-electron chi connectivity index (χ2n) is 7.89. The van der Waals surface area contributed by atoms with Crippen LogP contribution < -0.4 is 14.5 Å². The summed E-state index contributed by atoms with van der Waals surface area (Å²) in [5.41, 5.74) is 2.24.